The summed E-state index contributed by atoms with van der Waals surface area (Å²) in [5, 5.41) is 14.2. The first kappa shape index (κ1) is 18.8. The number of benzene rings is 2. The van der Waals surface area contributed by atoms with Gasteiger partial charge >= 0.3 is 0 Å². The monoisotopic (exact) mass is 384 g/mol. The van der Waals surface area contributed by atoms with E-state index in [1.807, 2.05) is 0 Å². The molecule has 2 aromatic carbocycles. The van der Waals surface area contributed by atoms with E-state index in [1.165, 1.54) is 30.3 Å². The molecule has 0 unspecified atom stereocenters. The highest BCUT2D eigenvalue weighted by molar-refractivity contribution is 6.42. The van der Waals surface area contributed by atoms with Gasteiger partial charge in [0, 0.05) is 6.07 Å². The second-order valence-corrected chi connectivity index (χ2v) is 5.60. The van der Waals surface area contributed by atoms with Crippen molar-refractivity contribution in [2.24, 2.45) is 0 Å². The van der Waals surface area contributed by atoms with Crippen molar-refractivity contribution in [2.75, 3.05) is 18.5 Å². The summed E-state index contributed by atoms with van der Waals surface area (Å²) in [6, 6.07) is 8.75. The van der Waals surface area contributed by atoms with E-state index in [0.717, 1.165) is 0 Å². The van der Waals surface area contributed by atoms with Crippen molar-refractivity contribution in [2.45, 2.75) is 6.92 Å². The van der Waals surface area contributed by atoms with Gasteiger partial charge in [0.15, 0.2) is 6.61 Å². The Hall–Kier alpha value is -2.51. The Morgan fingerprint density at radius 2 is 1.80 bits per heavy atom. The molecule has 1 amide bonds. The fourth-order valence-electron chi connectivity index (χ4n) is 1.93. The van der Waals surface area contributed by atoms with E-state index in [0.29, 0.717) is 28.2 Å². The van der Waals surface area contributed by atoms with Crippen LogP contribution < -0.4 is 14.8 Å². The van der Waals surface area contributed by atoms with Crippen LogP contribution in [0.4, 0.5) is 11.4 Å². The Bertz CT molecular complexity index is 798. The molecule has 132 valence electrons. The number of anilines is 1. The minimum atomic E-state index is -0.599. The smallest absolute Gasteiger partial charge is 0.296 e. The fourth-order valence-corrected chi connectivity index (χ4v) is 2.21. The van der Waals surface area contributed by atoms with Crippen molar-refractivity contribution in [3.63, 3.8) is 0 Å². The van der Waals surface area contributed by atoms with E-state index >= 15 is 0 Å². The van der Waals surface area contributed by atoms with Crippen LogP contribution in [0.2, 0.25) is 10.0 Å². The van der Waals surface area contributed by atoms with Gasteiger partial charge in [-0.2, -0.15) is 0 Å². The number of ether oxygens (including phenoxy) is 2. The molecule has 0 saturated carbocycles. The quantitative estimate of drug-likeness (QED) is 0.566. The molecule has 0 spiro atoms. The highest BCUT2D eigenvalue weighted by atomic mass is 35.5. The van der Waals surface area contributed by atoms with E-state index in [2.05, 4.69) is 5.32 Å². The minimum absolute atomic E-state index is 0.0520. The lowest BCUT2D eigenvalue weighted by molar-refractivity contribution is -0.384. The Labute approximate surface area is 153 Å². The molecule has 2 rings (SSSR count). The summed E-state index contributed by atoms with van der Waals surface area (Å²) in [6.45, 7) is 1.80. The molecule has 25 heavy (non-hydrogen) atoms. The van der Waals surface area contributed by atoms with Gasteiger partial charge in [-0.05, 0) is 31.2 Å². The summed E-state index contributed by atoms with van der Waals surface area (Å²) in [4.78, 5) is 22.5. The first-order valence-electron chi connectivity index (χ1n) is 7.19. The number of nitrogens with zero attached hydrogens (tertiary/aromatic N) is 1. The zero-order valence-electron chi connectivity index (χ0n) is 13.1. The molecule has 0 heterocycles. The Balaban J connectivity index is 2.04. The molecule has 7 nitrogen and oxygen atoms in total. The molecule has 0 bridgehead atoms. The second kappa shape index (κ2) is 8.55. The number of nitro benzene ring substituents is 1. The van der Waals surface area contributed by atoms with Crippen LogP contribution in [-0.2, 0) is 4.79 Å². The molecule has 2 aromatic rings. The van der Waals surface area contributed by atoms with Gasteiger partial charge in [0.05, 0.1) is 27.6 Å². The summed E-state index contributed by atoms with van der Waals surface area (Å²) in [6.07, 6.45) is 0. The van der Waals surface area contributed by atoms with Crippen LogP contribution >= 0.6 is 23.2 Å². The fraction of sp³-hybridized carbons (Fsp3) is 0.188. The number of nitro groups is 1. The van der Waals surface area contributed by atoms with Crippen LogP contribution in [0.15, 0.2) is 36.4 Å². The van der Waals surface area contributed by atoms with Crippen LogP contribution in [0.25, 0.3) is 0 Å². The lowest BCUT2D eigenvalue weighted by Gasteiger charge is -2.10. The second-order valence-electron chi connectivity index (χ2n) is 4.78. The standard InChI is InChI=1S/C16H14Cl2N2O5/c1-2-24-11-4-6-14(15(8-11)20(22)23)19-16(21)9-25-10-3-5-12(17)13(18)7-10/h3-8H,2,9H2,1H3,(H,19,21). The number of amides is 1. The molecule has 1 N–H and O–H groups in total. The van der Waals surface area contributed by atoms with Gasteiger partial charge < -0.3 is 14.8 Å². The highest BCUT2D eigenvalue weighted by Gasteiger charge is 2.17. The first-order valence-corrected chi connectivity index (χ1v) is 7.95. The van der Waals surface area contributed by atoms with Crippen molar-refractivity contribution in [1.29, 1.82) is 0 Å². The van der Waals surface area contributed by atoms with E-state index in [1.54, 1.807) is 13.0 Å². The average Bonchev–Trinajstić information content (AvgIpc) is 2.57. The number of hydrogen-bond donors (Lipinski definition) is 1. The van der Waals surface area contributed by atoms with E-state index in [-0.39, 0.29) is 18.0 Å². The maximum atomic E-state index is 12.0. The van der Waals surface area contributed by atoms with Gasteiger partial charge in [0.1, 0.15) is 17.2 Å². The van der Waals surface area contributed by atoms with Gasteiger partial charge in [-0.15, -0.1) is 0 Å². The van der Waals surface area contributed by atoms with Gasteiger partial charge in [0.2, 0.25) is 0 Å². The number of hydrogen-bond acceptors (Lipinski definition) is 5. The lowest BCUT2D eigenvalue weighted by Crippen LogP contribution is -2.20. The molecule has 0 fully saturated rings. The van der Waals surface area contributed by atoms with Crippen molar-refractivity contribution in [1.82, 2.24) is 0 Å². The lowest BCUT2D eigenvalue weighted by atomic mass is 10.2. The maximum Gasteiger partial charge on any atom is 0.296 e. The Kier molecular flexibility index (Phi) is 6.44. The summed E-state index contributed by atoms with van der Waals surface area (Å²) in [7, 11) is 0. The zero-order valence-corrected chi connectivity index (χ0v) is 14.6. The topological polar surface area (TPSA) is 90.7 Å². The van der Waals surface area contributed by atoms with Crippen LogP contribution in [0.1, 0.15) is 6.92 Å². The maximum absolute atomic E-state index is 12.0. The van der Waals surface area contributed by atoms with E-state index < -0.39 is 10.8 Å². The van der Waals surface area contributed by atoms with Crippen molar-refractivity contribution in [3.05, 3.63) is 56.6 Å². The van der Waals surface area contributed by atoms with Crippen LogP contribution in [0.5, 0.6) is 11.5 Å². The first-order chi connectivity index (χ1) is 11.9. The number of rotatable bonds is 7. The van der Waals surface area contributed by atoms with Crippen LogP contribution in [-0.4, -0.2) is 24.0 Å². The molecule has 0 aliphatic heterocycles. The molecule has 0 aliphatic rings. The van der Waals surface area contributed by atoms with Crippen molar-refractivity contribution in [3.8, 4) is 11.5 Å². The predicted molar refractivity (Wildman–Crippen MR) is 94.9 cm³/mol. The molecule has 9 heteroatoms. The van der Waals surface area contributed by atoms with Crippen molar-refractivity contribution < 1.29 is 19.2 Å². The number of nitrogens with one attached hydrogen (secondary N) is 1. The highest BCUT2D eigenvalue weighted by Crippen LogP contribution is 2.29. The average molecular weight is 385 g/mol. The molecular formula is C16H14Cl2N2O5. The Morgan fingerprint density at radius 1 is 1.12 bits per heavy atom. The van der Waals surface area contributed by atoms with Crippen LogP contribution in [0, 0.1) is 10.1 Å². The largest absolute Gasteiger partial charge is 0.494 e. The number of carbonyl (C=O) groups excluding carboxylic acids is 1. The van der Waals surface area contributed by atoms with Crippen molar-refractivity contribution >= 4 is 40.5 Å². The van der Waals surface area contributed by atoms with Gasteiger partial charge in [-0.1, -0.05) is 23.2 Å². The minimum Gasteiger partial charge on any atom is -0.494 e. The summed E-state index contributed by atoms with van der Waals surface area (Å²) < 4.78 is 10.5. The molecule has 0 saturated heterocycles. The molecule has 0 aromatic heterocycles. The van der Waals surface area contributed by atoms with E-state index in [4.69, 9.17) is 32.7 Å². The number of carbonyl (C=O) groups is 1. The summed E-state index contributed by atoms with van der Waals surface area (Å²) >= 11 is 11.6. The third kappa shape index (κ3) is 5.23. The predicted octanol–water partition coefficient (Wildman–Crippen LogP) is 4.32. The van der Waals surface area contributed by atoms with Gasteiger partial charge in [-0.25, -0.2) is 0 Å². The van der Waals surface area contributed by atoms with E-state index in [9.17, 15) is 14.9 Å². The zero-order chi connectivity index (χ0) is 18.4. The van der Waals surface area contributed by atoms with Crippen LogP contribution in [0.3, 0.4) is 0 Å². The molecular weight excluding hydrogens is 371 g/mol. The summed E-state index contributed by atoms with van der Waals surface area (Å²) in [5.41, 5.74) is -0.218. The third-order valence-electron chi connectivity index (χ3n) is 3.01. The molecule has 0 radical (unpaired) electrons. The molecule has 0 atom stereocenters. The SMILES string of the molecule is CCOc1ccc(NC(=O)COc2ccc(Cl)c(Cl)c2)c([N+](=O)[O-])c1. The van der Waals surface area contributed by atoms with Gasteiger partial charge in [0.25, 0.3) is 11.6 Å². The number of halogens is 2. The normalized spacial score (nSPS) is 10.2. The Morgan fingerprint density at radius 3 is 2.44 bits per heavy atom. The summed E-state index contributed by atoms with van der Waals surface area (Å²) in [5.74, 6) is 0.142. The molecule has 0 aliphatic carbocycles. The third-order valence-corrected chi connectivity index (χ3v) is 3.75. The van der Waals surface area contributed by atoms with Gasteiger partial charge in [-0.3, -0.25) is 14.9 Å².